The molecule has 0 spiro atoms. The van der Waals surface area contributed by atoms with E-state index in [4.69, 9.17) is 4.42 Å². The highest BCUT2D eigenvalue weighted by Crippen LogP contribution is 2.12. The smallest absolute Gasteiger partial charge is 0.291 e. The monoisotopic (exact) mass is 366 g/mol. The highest BCUT2D eigenvalue weighted by Gasteiger charge is 2.08. The van der Waals surface area contributed by atoms with Crippen LogP contribution in [0.25, 0.3) is 0 Å². The quantitative estimate of drug-likeness (QED) is 0.641. The number of benzene rings is 1. The van der Waals surface area contributed by atoms with Gasteiger partial charge in [-0.2, -0.15) is 0 Å². The molecule has 140 valence electrons. The first-order valence-electron chi connectivity index (χ1n) is 8.80. The fourth-order valence-electron chi connectivity index (χ4n) is 2.65. The Kier molecular flexibility index (Phi) is 6.04. The summed E-state index contributed by atoms with van der Waals surface area (Å²) in [5, 5.41) is 5.66. The number of nitrogens with zero attached hydrogens (tertiary/aromatic N) is 2. The molecule has 3 aromatic rings. The Morgan fingerprint density at radius 2 is 2.00 bits per heavy atom. The van der Waals surface area contributed by atoms with Crippen LogP contribution in [0, 0.1) is 6.92 Å². The molecule has 0 saturated heterocycles. The lowest BCUT2D eigenvalue weighted by molar-refractivity contribution is -0.121. The van der Waals surface area contributed by atoms with Gasteiger partial charge in [-0.25, -0.2) is 4.98 Å². The van der Waals surface area contributed by atoms with E-state index in [0.29, 0.717) is 18.7 Å². The molecule has 0 aliphatic rings. The van der Waals surface area contributed by atoms with Gasteiger partial charge in [0.05, 0.1) is 6.26 Å². The van der Waals surface area contributed by atoms with Crippen molar-refractivity contribution >= 4 is 17.5 Å². The second-order valence-corrected chi connectivity index (χ2v) is 6.18. The number of furan rings is 1. The molecule has 0 aliphatic carbocycles. The standard InChI is InChI=1S/C20H22N4O3/c1-15-21-10-12-24(15)11-2-5-19(25)22-14-16-6-8-17(9-7-16)23-20(26)18-4-3-13-27-18/h3-4,6-10,12-13H,2,5,11,14H2,1H3,(H,22,25)(H,23,26). The molecule has 27 heavy (non-hydrogen) atoms. The maximum absolute atomic E-state index is 12.0. The lowest BCUT2D eigenvalue weighted by atomic mass is 10.2. The largest absolute Gasteiger partial charge is 0.459 e. The van der Waals surface area contributed by atoms with E-state index in [0.717, 1.165) is 24.4 Å². The topological polar surface area (TPSA) is 89.2 Å². The van der Waals surface area contributed by atoms with Crippen LogP contribution in [0.2, 0.25) is 0 Å². The van der Waals surface area contributed by atoms with Crippen molar-refractivity contribution in [1.29, 1.82) is 0 Å². The van der Waals surface area contributed by atoms with Gasteiger partial charge >= 0.3 is 0 Å². The van der Waals surface area contributed by atoms with Crippen LogP contribution in [-0.4, -0.2) is 21.4 Å². The second-order valence-electron chi connectivity index (χ2n) is 6.18. The summed E-state index contributed by atoms with van der Waals surface area (Å²) in [6.45, 7) is 3.18. The van der Waals surface area contributed by atoms with E-state index >= 15 is 0 Å². The van der Waals surface area contributed by atoms with E-state index in [1.807, 2.05) is 29.8 Å². The first kappa shape index (κ1) is 18.4. The van der Waals surface area contributed by atoms with Crippen LogP contribution in [0.15, 0.2) is 59.5 Å². The zero-order valence-corrected chi connectivity index (χ0v) is 15.1. The van der Waals surface area contributed by atoms with Crippen molar-refractivity contribution in [2.75, 3.05) is 5.32 Å². The van der Waals surface area contributed by atoms with Crippen LogP contribution < -0.4 is 10.6 Å². The Morgan fingerprint density at radius 1 is 1.19 bits per heavy atom. The number of hydrogen-bond donors (Lipinski definition) is 2. The molecule has 0 radical (unpaired) electrons. The Balaban J connectivity index is 1.39. The molecule has 0 fully saturated rings. The molecule has 2 aromatic heterocycles. The molecule has 2 amide bonds. The predicted molar refractivity (Wildman–Crippen MR) is 101 cm³/mol. The third kappa shape index (κ3) is 5.31. The molecule has 2 heterocycles. The van der Waals surface area contributed by atoms with Crippen molar-refractivity contribution in [3.05, 3.63) is 72.2 Å². The fourth-order valence-corrected chi connectivity index (χ4v) is 2.65. The van der Waals surface area contributed by atoms with Gasteiger partial charge in [0.2, 0.25) is 5.91 Å². The summed E-state index contributed by atoms with van der Waals surface area (Å²) in [6.07, 6.45) is 6.36. The summed E-state index contributed by atoms with van der Waals surface area (Å²) in [5.74, 6) is 0.934. The number of rotatable bonds is 8. The lowest BCUT2D eigenvalue weighted by Gasteiger charge is -2.08. The third-order valence-corrected chi connectivity index (χ3v) is 4.17. The van der Waals surface area contributed by atoms with Gasteiger partial charge in [-0.3, -0.25) is 9.59 Å². The Labute approximate surface area is 157 Å². The molecular formula is C20H22N4O3. The van der Waals surface area contributed by atoms with Gasteiger partial charge in [-0.15, -0.1) is 0 Å². The van der Waals surface area contributed by atoms with Crippen LogP contribution in [-0.2, 0) is 17.9 Å². The average Bonchev–Trinajstić information content (AvgIpc) is 3.33. The maximum atomic E-state index is 12.0. The number of nitrogens with one attached hydrogen (secondary N) is 2. The van der Waals surface area contributed by atoms with E-state index in [1.54, 1.807) is 30.5 Å². The first-order chi connectivity index (χ1) is 13.1. The molecular weight excluding hydrogens is 344 g/mol. The minimum atomic E-state index is -0.297. The number of aryl methyl sites for hydroxylation is 2. The second kappa shape index (κ2) is 8.84. The lowest BCUT2D eigenvalue weighted by Crippen LogP contribution is -2.22. The van der Waals surface area contributed by atoms with Crippen molar-refractivity contribution in [2.45, 2.75) is 32.9 Å². The van der Waals surface area contributed by atoms with Crippen molar-refractivity contribution in [3.63, 3.8) is 0 Å². The van der Waals surface area contributed by atoms with Crippen molar-refractivity contribution in [1.82, 2.24) is 14.9 Å². The Hall–Kier alpha value is -3.35. The van der Waals surface area contributed by atoms with Crippen LogP contribution in [0.3, 0.4) is 0 Å². The predicted octanol–water partition coefficient (Wildman–Crippen LogP) is 3.13. The summed E-state index contributed by atoms with van der Waals surface area (Å²) < 4.78 is 7.08. The highest BCUT2D eigenvalue weighted by molar-refractivity contribution is 6.02. The summed E-state index contributed by atoms with van der Waals surface area (Å²) >= 11 is 0. The van der Waals surface area contributed by atoms with Crippen LogP contribution in [0.1, 0.15) is 34.8 Å². The molecule has 0 bridgehead atoms. The molecule has 7 nitrogen and oxygen atoms in total. The SMILES string of the molecule is Cc1nccn1CCCC(=O)NCc1ccc(NC(=O)c2ccco2)cc1. The van der Waals surface area contributed by atoms with E-state index in [1.165, 1.54) is 6.26 Å². The third-order valence-electron chi connectivity index (χ3n) is 4.17. The maximum Gasteiger partial charge on any atom is 0.291 e. The summed E-state index contributed by atoms with van der Waals surface area (Å²) in [4.78, 5) is 28.0. The number of aromatic nitrogens is 2. The summed E-state index contributed by atoms with van der Waals surface area (Å²) in [7, 11) is 0. The van der Waals surface area contributed by atoms with Crippen molar-refractivity contribution in [3.8, 4) is 0 Å². The fraction of sp³-hybridized carbons (Fsp3) is 0.250. The molecule has 2 N–H and O–H groups in total. The minimum absolute atomic E-state index is 0.0166. The molecule has 0 unspecified atom stereocenters. The zero-order chi connectivity index (χ0) is 19.1. The van der Waals surface area contributed by atoms with Gasteiger partial charge in [0.15, 0.2) is 5.76 Å². The number of anilines is 1. The van der Waals surface area contributed by atoms with Gasteiger partial charge in [-0.05, 0) is 43.2 Å². The molecule has 0 atom stereocenters. The van der Waals surface area contributed by atoms with Gasteiger partial charge in [0.25, 0.3) is 5.91 Å². The van der Waals surface area contributed by atoms with E-state index in [-0.39, 0.29) is 17.6 Å². The van der Waals surface area contributed by atoms with Gasteiger partial charge in [0, 0.05) is 37.6 Å². The first-order valence-corrected chi connectivity index (χ1v) is 8.80. The van der Waals surface area contributed by atoms with Crippen LogP contribution >= 0.6 is 0 Å². The minimum Gasteiger partial charge on any atom is -0.459 e. The number of amides is 2. The van der Waals surface area contributed by atoms with Crippen LogP contribution in [0.5, 0.6) is 0 Å². The van der Waals surface area contributed by atoms with Crippen molar-refractivity contribution < 1.29 is 14.0 Å². The molecule has 7 heteroatoms. The normalized spacial score (nSPS) is 10.6. The van der Waals surface area contributed by atoms with E-state index in [2.05, 4.69) is 15.6 Å². The number of carbonyl (C=O) groups is 2. The molecule has 1 aromatic carbocycles. The molecule has 3 rings (SSSR count). The van der Waals surface area contributed by atoms with Crippen molar-refractivity contribution in [2.24, 2.45) is 0 Å². The van der Waals surface area contributed by atoms with E-state index in [9.17, 15) is 9.59 Å². The number of carbonyl (C=O) groups excluding carboxylic acids is 2. The van der Waals surface area contributed by atoms with Gasteiger partial charge < -0.3 is 19.6 Å². The number of hydrogen-bond acceptors (Lipinski definition) is 4. The van der Waals surface area contributed by atoms with E-state index < -0.39 is 0 Å². The summed E-state index contributed by atoms with van der Waals surface area (Å²) in [5.41, 5.74) is 1.63. The van der Waals surface area contributed by atoms with Gasteiger partial charge in [-0.1, -0.05) is 12.1 Å². The average molecular weight is 366 g/mol. The Morgan fingerprint density at radius 3 is 2.67 bits per heavy atom. The molecule has 0 saturated carbocycles. The number of imidazole rings is 1. The zero-order valence-electron chi connectivity index (χ0n) is 15.1. The van der Waals surface area contributed by atoms with Crippen LogP contribution in [0.4, 0.5) is 5.69 Å². The molecule has 0 aliphatic heterocycles. The van der Waals surface area contributed by atoms with Gasteiger partial charge in [0.1, 0.15) is 5.82 Å². The Bertz CT molecular complexity index is 882. The highest BCUT2D eigenvalue weighted by atomic mass is 16.3. The summed E-state index contributed by atoms with van der Waals surface area (Å²) in [6, 6.07) is 10.6.